The summed E-state index contributed by atoms with van der Waals surface area (Å²) in [6, 6.07) is 3.99. The monoisotopic (exact) mass is 472 g/mol. The van der Waals surface area contributed by atoms with Gasteiger partial charge in [-0.1, -0.05) is 18.5 Å². The lowest BCUT2D eigenvalue weighted by Gasteiger charge is -2.32. The average molecular weight is 473 g/mol. The normalized spacial score (nSPS) is 15.5. The third-order valence-corrected chi connectivity index (χ3v) is 6.78. The van der Waals surface area contributed by atoms with Gasteiger partial charge >= 0.3 is 0 Å². The number of rotatable bonds is 11. The number of hydrogen-bond acceptors (Lipinski definition) is 6. The molecule has 0 spiro atoms. The van der Waals surface area contributed by atoms with Gasteiger partial charge in [-0.15, -0.1) is 0 Å². The fourth-order valence-electron chi connectivity index (χ4n) is 4.52. The number of anilines is 1. The summed E-state index contributed by atoms with van der Waals surface area (Å²) in [6.07, 6.45) is 9.15. The second-order valence-corrected chi connectivity index (χ2v) is 9.79. The maximum atomic E-state index is 12.7. The van der Waals surface area contributed by atoms with E-state index in [1.165, 1.54) is 0 Å². The predicted octanol–water partition coefficient (Wildman–Crippen LogP) is 5.38. The Hall–Kier alpha value is -2.18. The van der Waals surface area contributed by atoms with Gasteiger partial charge in [-0.2, -0.15) is 0 Å². The number of aromatic nitrogens is 2. The number of aryl methyl sites for hydroxylation is 2. The lowest BCUT2D eigenvalue weighted by atomic mass is 9.92. The van der Waals surface area contributed by atoms with Crippen molar-refractivity contribution in [3.63, 3.8) is 0 Å². The molecule has 7 heteroatoms. The van der Waals surface area contributed by atoms with Crippen LogP contribution in [0.1, 0.15) is 66.9 Å². The molecule has 2 aromatic rings. The Morgan fingerprint density at radius 3 is 2.45 bits per heavy atom. The number of carbonyl (C=O) groups is 1. The van der Waals surface area contributed by atoms with Crippen molar-refractivity contribution >= 4 is 23.3 Å². The van der Waals surface area contributed by atoms with Gasteiger partial charge in [0.25, 0.3) is 0 Å². The number of halogens is 1. The van der Waals surface area contributed by atoms with Crippen molar-refractivity contribution in [3.8, 4) is 5.75 Å². The summed E-state index contributed by atoms with van der Waals surface area (Å²) in [5.74, 6) is 2.90. The minimum atomic E-state index is 0.201. The highest BCUT2D eigenvalue weighted by atomic mass is 35.5. The van der Waals surface area contributed by atoms with E-state index in [4.69, 9.17) is 22.1 Å². The maximum Gasteiger partial charge on any atom is 0.225 e. The zero-order valence-electron chi connectivity index (χ0n) is 20.1. The smallest absolute Gasteiger partial charge is 0.225 e. The van der Waals surface area contributed by atoms with Crippen LogP contribution in [0.4, 0.5) is 5.95 Å². The van der Waals surface area contributed by atoms with Crippen LogP contribution in [-0.4, -0.2) is 42.0 Å². The number of ketones is 1. The summed E-state index contributed by atoms with van der Waals surface area (Å²) in [4.78, 5) is 23.6. The molecule has 6 nitrogen and oxygen atoms in total. The summed E-state index contributed by atoms with van der Waals surface area (Å²) in [5, 5.41) is 0.567. The fraction of sp³-hybridized carbons (Fsp3) is 0.577. The first-order valence-corrected chi connectivity index (χ1v) is 12.4. The number of Topliss-reactive ketones (excluding diaryl/α,β-unsaturated/α-hetero) is 1. The van der Waals surface area contributed by atoms with Crippen LogP contribution in [0.3, 0.4) is 0 Å². The molecule has 180 valence electrons. The molecule has 0 aliphatic carbocycles. The van der Waals surface area contributed by atoms with Crippen LogP contribution < -0.4 is 15.4 Å². The Morgan fingerprint density at radius 1 is 1.21 bits per heavy atom. The minimum Gasteiger partial charge on any atom is -0.494 e. The van der Waals surface area contributed by atoms with Crippen LogP contribution in [0.2, 0.25) is 5.02 Å². The molecule has 0 bridgehead atoms. The van der Waals surface area contributed by atoms with E-state index in [1.54, 1.807) is 12.4 Å². The van der Waals surface area contributed by atoms with E-state index >= 15 is 0 Å². The van der Waals surface area contributed by atoms with Gasteiger partial charge < -0.3 is 15.4 Å². The third kappa shape index (κ3) is 7.41. The van der Waals surface area contributed by atoms with Crippen LogP contribution in [-0.2, 0) is 0 Å². The molecule has 1 aliphatic rings. The summed E-state index contributed by atoms with van der Waals surface area (Å²) >= 11 is 5.88. The van der Waals surface area contributed by atoms with Crippen LogP contribution in [0.5, 0.6) is 5.75 Å². The highest BCUT2D eigenvalue weighted by molar-refractivity contribution is 6.30. The first-order valence-electron chi connectivity index (χ1n) is 12.1. The van der Waals surface area contributed by atoms with E-state index in [2.05, 4.69) is 21.8 Å². The zero-order valence-corrected chi connectivity index (χ0v) is 20.9. The van der Waals surface area contributed by atoms with Gasteiger partial charge in [0.2, 0.25) is 5.95 Å². The van der Waals surface area contributed by atoms with Gasteiger partial charge in [-0.25, -0.2) is 9.97 Å². The second-order valence-electron chi connectivity index (χ2n) is 9.36. The van der Waals surface area contributed by atoms with E-state index in [0.29, 0.717) is 36.4 Å². The Labute approximate surface area is 202 Å². The van der Waals surface area contributed by atoms with Gasteiger partial charge in [-0.3, -0.25) is 4.79 Å². The number of nitrogens with two attached hydrogens (primary N) is 1. The summed E-state index contributed by atoms with van der Waals surface area (Å²) < 4.78 is 6.04. The minimum absolute atomic E-state index is 0.201. The first-order chi connectivity index (χ1) is 15.9. The summed E-state index contributed by atoms with van der Waals surface area (Å²) in [7, 11) is 0. The maximum absolute atomic E-state index is 12.7. The first kappa shape index (κ1) is 25.4. The summed E-state index contributed by atoms with van der Waals surface area (Å²) in [6.45, 7) is 9.35. The molecule has 1 atom stereocenters. The molecule has 1 aromatic carbocycles. The predicted molar refractivity (Wildman–Crippen MR) is 134 cm³/mol. The van der Waals surface area contributed by atoms with Gasteiger partial charge in [0, 0.05) is 25.1 Å². The van der Waals surface area contributed by atoms with Crippen molar-refractivity contribution in [1.82, 2.24) is 9.97 Å². The van der Waals surface area contributed by atoms with Crippen LogP contribution in [0, 0.1) is 25.7 Å². The fourth-order valence-corrected chi connectivity index (χ4v) is 4.62. The highest BCUT2D eigenvalue weighted by Gasteiger charge is 2.21. The molecule has 0 radical (unpaired) electrons. The molecule has 3 rings (SSSR count). The highest BCUT2D eigenvalue weighted by Crippen LogP contribution is 2.26. The van der Waals surface area contributed by atoms with Crippen LogP contribution in [0.15, 0.2) is 24.5 Å². The average Bonchev–Trinajstić information content (AvgIpc) is 2.81. The summed E-state index contributed by atoms with van der Waals surface area (Å²) in [5.41, 5.74) is 8.50. The topological polar surface area (TPSA) is 81.3 Å². The van der Waals surface area contributed by atoms with E-state index in [-0.39, 0.29) is 5.78 Å². The van der Waals surface area contributed by atoms with Crippen molar-refractivity contribution in [3.05, 3.63) is 46.2 Å². The molecule has 33 heavy (non-hydrogen) atoms. The molecule has 1 aromatic heterocycles. The second kappa shape index (κ2) is 12.3. The molecule has 1 aliphatic heterocycles. The van der Waals surface area contributed by atoms with Gasteiger partial charge in [-0.05, 0) is 87.6 Å². The molecular weight excluding hydrogens is 436 g/mol. The van der Waals surface area contributed by atoms with Crippen molar-refractivity contribution < 1.29 is 9.53 Å². The van der Waals surface area contributed by atoms with Crippen LogP contribution >= 0.6 is 11.6 Å². The molecule has 1 saturated heterocycles. The lowest BCUT2D eigenvalue weighted by Crippen LogP contribution is -2.34. The van der Waals surface area contributed by atoms with E-state index in [1.807, 2.05) is 26.0 Å². The van der Waals surface area contributed by atoms with Crippen molar-refractivity contribution in [2.24, 2.45) is 17.6 Å². The van der Waals surface area contributed by atoms with Crippen LogP contribution in [0.25, 0.3) is 0 Å². The van der Waals surface area contributed by atoms with Crippen molar-refractivity contribution in [1.29, 1.82) is 0 Å². The lowest BCUT2D eigenvalue weighted by molar-refractivity contribution is 0.0973. The number of hydrogen-bond donors (Lipinski definition) is 1. The molecule has 0 saturated carbocycles. The van der Waals surface area contributed by atoms with Crippen molar-refractivity contribution in [2.45, 2.75) is 59.3 Å². The van der Waals surface area contributed by atoms with Gasteiger partial charge in [0.1, 0.15) is 5.75 Å². The van der Waals surface area contributed by atoms with Gasteiger partial charge in [0.15, 0.2) is 5.78 Å². The Bertz CT molecular complexity index is 888. The van der Waals surface area contributed by atoms with Gasteiger partial charge in [0.05, 0.1) is 24.0 Å². The number of benzene rings is 1. The standard InChI is InChI=1S/C26H37ClN4O2/c1-18(15-28)6-7-24(32)25-19(2)13-23(14-20(25)3)33-12-4-5-21-8-10-31(11-9-21)26-29-16-22(27)17-30-26/h13-14,16-18,21H,4-12,15,28H2,1-3H3/t18-/m0/s1. The SMILES string of the molecule is Cc1cc(OCCCC2CCN(c3ncc(Cl)cn3)CC2)cc(C)c1C(=O)CC[C@H](C)CN. The molecular formula is C26H37ClN4O2. The molecule has 0 amide bonds. The number of piperidine rings is 1. The van der Waals surface area contributed by atoms with Crippen molar-refractivity contribution in [2.75, 3.05) is 31.1 Å². The number of carbonyl (C=O) groups excluding carboxylic acids is 1. The molecule has 2 heterocycles. The quantitative estimate of drug-likeness (QED) is 0.349. The Kier molecular flexibility index (Phi) is 9.51. The molecule has 0 unspecified atom stereocenters. The third-order valence-electron chi connectivity index (χ3n) is 6.58. The van der Waals surface area contributed by atoms with E-state index in [0.717, 1.165) is 73.6 Å². The zero-order chi connectivity index (χ0) is 23.8. The largest absolute Gasteiger partial charge is 0.494 e. The molecule has 2 N–H and O–H groups in total. The number of nitrogens with zero attached hydrogens (tertiary/aromatic N) is 3. The Balaban J connectivity index is 1.41. The number of ether oxygens (including phenoxy) is 1. The molecule has 1 fully saturated rings. The Morgan fingerprint density at radius 2 is 1.85 bits per heavy atom. The van der Waals surface area contributed by atoms with E-state index < -0.39 is 0 Å². The van der Waals surface area contributed by atoms with E-state index in [9.17, 15) is 4.79 Å².